The highest BCUT2D eigenvalue weighted by Crippen LogP contribution is 2.31. The van der Waals surface area contributed by atoms with E-state index in [2.05, 4.69) is 10.3 Å². The average Bonchev–Trinajstić information content (AvgIpc) is 2.68. The van der Waals surface area contributed by atoms with Crippen LogP contribution < -0.4 is 20.3 Å². The molecule has 3 aromatic rings. The summed E-state index contributed by atoms with van der Waals surface area (Å²) in [7, 11) is 0. The molecule has 1 heterocycles. The van der Waals surface area contributed by atoms with Gasteiger partial charge in [-0.25, -0.2) is 0 Å². The topological polar surface area (TPSA) is 80.4 Å². The van der Waals surface area contributed by atoms with Crippen molar-refractivity contribution in [2.75, 3.05) is 13.2 Å². The summed E-state index contributed by atoms with van der Waals surface area (Å²) in [6.07, 6.45) is 0. The molecule has 0 bridgehead atoms. The van der Waals surface area contributed by atoms with Gasteiger partial charge < -0.3 is 19.8 Å². The fourth-order valence-electron chi connectivity index (χ4n) is 3.09. The highest BCUT2D eigenvalue weighted by atomic mass is 16.5. The van der Waals surface area contributed by atoms with Crippen molar-refractivity contribution in [3.63, 3.8) is 0 Å². The first-order chi connectivity index (χ1) is 13.5. The summed E-state index contributed by atoms with van der Waals surface area (Å²) in [5, 5.41) is 3.67. The van der Waals surface area contributed by atoms with Gasteiger partial charge in [0.1, 0.15) is 0 Å². The second kappa shape index (κ2) is 8.61. The Labute approximate surface area is 163 Å². The number of aromatic amines is 1. The van der Waals surface area contributed by atoms with Gasteiger partial charge in [0.2, 0.25) is 5.56 Å². The van der Waals surface area contributed by atoms with Crippen molar-refractivity contribution in [3.8, 4) is 11.5 Å². The highest BCUT2D eigenvalue weighted by Gasteiger charge is 2.17. The van der Waals surface area contributed by atoms with Crippen molar-refractivity contribution >= 4 is 16.8 Å². The second-order valence-corrected chi connectivity index (χ2v) is 6.36. The monoisotopic (exact) mass is 380 g/mol. The number of carbonyl (C=O) groups is 1. The zero-order chi connectivity index (χ0) is 20.1. The molecule has 2 aromatic carbocycles. The molecule has 0 spiro atoms. The maximum atomic E-state index is 12.9. The minimum atomic E-state index is -0.309. The van der Waals surface area contributed by atoms with E-state index in [0.29, 0.717) is 41.2 Å². The Morgan fingerprint density at radius 2 is 1.75 bits per heavy atom. The Morgan fingerprint density at radius 3 is 2.50 bits per heavy atom. The summed E-state index contributed by atoms with van der Waals surface area (Å²) >= 11 is 0. The Kier molecular flexibility index (Phi) is 5.99. The summed E-state index contributed by atoms with van der Waals surface area (Å²) in [5.41, 5.74) is 1.56. The molecule has 2 N–H and O–H groups in total. The molecule has 0 saturated heterocycles. The van der Waals surface area contributed by atoms with Crippen LogP contribution in [0.15, 0.2) is 53.3 Å². The first kappa shape index (κ1) is 19.5. The Bertz CT molecular complexity index is 1040. The third-order valence-electron chi connectivity index (χ3n) is 4.41. The molecule has 0 aliphatic heterocycles. The van der Waals surface area contributed by atoms with Crippen LogP contribution in [0, 0.1) is 0 Å². The van der Waals surface area contributed by atoms with Gasteiger partial charge in [0.25, 0.3) is 5.91 Å². The van der Waals surface area contributed by atoms with Gasteiger partial charge >= 0.3 is 0 Å². The highest BCUT2D eigenvalue weighted by molar-refractivity contribution is 6.06. The van der Waals surface area contributed by atoms with Crippen molar-refractivity contribution in [2.45, 2.75) is 26.8 Å². The Morgan fingerprint density at radius 1 is 1.04 bits per heavy atom. The summed E-state index contributed by atoms with van der Waals surface area (Å²) in [6, 6.07) is 13.9. The maximum absolute atomic E-state index is 12.9. The molecule has 0 aliphatic carbocycles. The van der Waals surface area contributed by atoms with Crippen molar-refractivity contribution in [1.82, 2.24) is 10.3 Å². The largest absolute Gasteiger partial charge is 0.490 e. The quantitative estimate of drug-likeness (QED) is 0.653. The molecule has 1 amide bonds. The molecule has 1 atom stereocenters. The van der Waals surface area contributed by atoms with Crippen LogP contribution in [-0.4, -0.2) is 24.1 Å². The van der Waals surface area contributed by atoms with E-state index in [9.17, 15) is 9.59 Å². The van der Waals surface area contributed by atoms with Gasteiger partial charge in [0.15, 0.2) is 11.5 Å². The molecular formula is C22H24N2O4. The molecule has 3 rings (SSSR count). The van der Waals surface area contributed by atoms with Crippen molar-refractivity contribution in [2.24, 2.45) is 0 Å². The van der Waals surface area contributed by atoms with E-state index >= 15 is 0 Å². The van der Waals surface area contributed by atoms with E-state index in [-0.39, 0.29) is 17.5 Å². The molecule has 0 saturated carbocycles. The van der Waals surface area contributed by atoms with Crippen molar-refractivity contribution in [1.29, 1.82) is 0 Å². The number of amides is 1. The lowest BCUT2D eigenvalue weighted by Crippen LogP contribution is -2.28. The number of hydrogen-bond donors (Lipinski definition) is 2. The van der Waals surface area contributed by atoms with Crippen LogP contribution in [-0.2, 0) is 0 Å². The minimum Gasteiger partial charge on any atom is -0.490 e. The fourth-order valence-corrected chi connectivity index (χ4v) is 3.09. The third kappa shape index (κ3) is 4.17. The van der Waals surface area contributed by atoms with Crippen molar-refractivity contribution in [3.05, 3.63) is 70.0 Å². The van der Waals surface area contributed by atoms with E-state index in [1.807, 2.05) is 57.2 Å². The minimum absolute atomic E-state index is 0.277. The smallest absolute Gasteiger partial charge is 0.252 e. The molecule has 0 radical (unpaired) electrons. The van der Waals surface area contributed by atoms with Crippen LogP contribution in [0.2, 0.25) is 0 Å². The lowest BCUT2D eigenvalue weighted by atomic mass is 10.1. The predicted octanol–water partition coefficient (Wildman–Crippen LogP) is 3.82. The van der Waals surface area contributed by atoms with Crippen LogP contribution in [0.5, 0.6) is 11.5 Å². The fraction of sp³-hybridized carbons (Fsp3) is 0.273. The second-order valence-electron chi connectivity index (χ2n) is 6.36. The zero-order valence-electron chi connectivity index (χ0n) is 16.2. The number of nitrogens with one attached hydrogen (secondary N) is 2. The number of rotatable bonds is 7. The lowest BCUT2D eigenvalue weighted by Gasteiger charge is -2.18. The number of aromatic nitrogens is 1. The number of H-pyrrole nitrogens is 1. The Balaban J connectivity index is 1.87. The molecule has 28 heavy (non-hydrogen) atoms. The number of fused-ring (bicyclic) bond motifs is 1. The molecule has 6 heteroatoms. The maximum Gasteiger partial charge on any atom is 0.252 e. The van der Waals surface area contributed by atoms with E-state index in [1.165, 1.54) is 6.07 Å². The number of pyridine rings is 1. The molecule has 6 nitrogen and oxygen atoms in total. The van der Waals surface area contributed by atoms with Gasteiger partial charge in [0, 0.05) is 17.0 Å². The van der Waals surface area contributed by atoms with Gasteiger partial charge in [-0.05, 0) is 44.5 Å². The van der Waals surface area contributed by atoms with Gasteiger partial charge in [-0.3, -0.25) is 9.59 Å². The van der Waals surface area contributed by atoms with E-state index in [1.54, 1.807) is 6.07 Å². The lowest BCUT2D eigenvalue weighted by molar-refractivity contribution is 0.0941. The van der Waals surface area contributed by atoms with Crippen LogP contribution >= 0.6 is 0 Å². The van der Waals surface area contributed by atoms with Crippen LogP contribution in [0.3, 0.4) is 0 Å². The molecular weight excluding hydrogens is 356 g/mol. The predicted molar refractivity (Wildman–Crippen MR) is 109 cm³/mol. The van der Waals surface area contributed by atoms with E-state index in [0.717, 1.165) is 5.56 Å². The standard InChI is InChI=1S/C22H24N2O4/c1-4-27-19-11-10-15(12-20(19)28-5-2)14(3)23-22(26)17-13-21(25)24-18-9-7-6-8-16(17)18/h6-14H,4-5H2,1-3H3,(H,23,26)(H,24,25). The normalized spacial score (nSPS) is 11.8. The number of carbonyl (C=O) groups excluding carboxylic acids is 1. The third-order valence-corrected chi connectivity index (χ3v) is 4.41. The van der Waals surface area contributed by atoms with E-state index in [4.69, 9.17) is 9.47 Å². The summed E-state index contributed by atoms with van der Waals surface area (Å²) in [4.78, 5) is 27.5. The molecule has 1 unspecified atom stereocenters. The number of para-hydroxylation sites is 1. The molecule has 1 aromatic heterocycles. The van der Waals surface area contributed by atoms with E-state index < -0.39 is 0 Å². The van der Waals surface area contributed by atoms with Gasteiger partial charge in [-0.15, -0.1) is 0 Å². The van der Waals surface area contributed by atoms with Gasteiger partial charge in [-0.2, -0.15) is 0 Å². The number of benzene rings is 2. The first-order valence-electron chi connectivity index (χ1n) is 9.36. The number of hydrogen-bond acceptors (Lipinski definition) is 4. The summed E-state index contributed by atoms with van der Waals surface area (Å²) in [5.74, 6) is 1.01. The van der Waals surface area contributed by atoms with Gasteiger partial charge in [0.05, 0.1) is 24.8 Å². The van der Waals surface area contributed by atoms with Crippen LogP contribution in [0.25, 0.3) is 10.9 Å². The van der Waals surface area contributed by atoms with Crippen molar-refractivity contribution < 1.29 is 14.3 Å². The summed E-state index contributed by atoms with van der Waals surface area (Å²) < 4.78 is 11.2. The first-order valence-corrected chi connectivity index (χ1v) is 9.36. The van der Waals surface area contributed by atoms with Gasteiger partial charge in [-0.1, -0.05) is 24.3 Å². The van der Waals surface area contributed by atoms with Crippen LogP contribution in [0.4, 0.5) is 0 Å². The Hall–Kier alpha value is -3.28. The SMILES string of the molecule is CCOc1ccc(C(C)NC(=O)c2cc(=O)[nH]c3ccccc23)cc1OCC. The summed E-state index contributed by atoms with van der Waals surface area (Å²) in [6.45, 7) is 6.77. The average molecular weight is 380 g/mol. The zero-order valence-corrected chi connectivity index (χ0v) is 16.2. The molecule has 146 valence electrons. The molecule has 0 fully saturated rings. The van der Waals surface area contributed by atoms with Crippen LogP contribution in [0.1, 0.15) is 42.7 Å². The molecule has 0 aliphatic rings. The number of ether oxygens (including phenoxy) is 2.